The smallest absolute Gasteiger partial charge is 0.413 e. The van der Waals surface area contributed by atoms with Gasteiger partial charge in [-0.2, -0.15) is 0 Å². The third kappa shape index (κ3) is 1.16. The van der Waals surface area contributed by atoms with Crippen LogP contribution in [0.25, 0.3) is 0 Å². The van der Waals surface area contributed by atoms with Crippen LogP contribution in [0.2, 0.25) is 0 Å². The Morgan fingerprint density at radius 3 is 2.78 bits per heavy atom. The van der Waals surface area contributed by atoms with Crippen molar-refractivity contribution in [2.75, 3.05) is 7.11 Å². The summed E-state index contributed by atoms with van der Waals surface area (Å²) in [6.07, 6.45) is 1.28. The molecule has 2 nitrogen and oxygen atoms in total. The molecule has 0 fully saturated rings. The fourth-order valence-electron chi connectivity index (χ4n) is 0.563. The fourth-order valence-corrected chi connectivity index (χ4v) is 0.563. The topological polar surface area (TPSA) is 13.1 Å². The summed E-state index contributed by atoms with van der Waals surface area (Å²) >= 11 is 0. The van der Waals surface area contributed by atoms with E-state index in [1.165, 1.54) is 13.3 Å². The van der Waals surface area contributed by atoms with Crippen LogP contribution >= 0.6 is 0 Å². The monoisotopic (exact) mass is 128 g/mol. The second-order valence-corrected chi connectivity index (χ2v) is 1.55. The van der Waals surface area contributed by atoms with E-state index in [0.29, 0.717) is 4.79 Å². The minimum Gasteiger partial charge on any atom is -0.445 e. The van der Waals surface area contributed by atoms with E-state index >= 15 is 0 Å². The molecule has 3 heteroatoms. The molecule has 1 aromatic heterocycles. The van der Waals surface area contributed by atoms with E-state index < -0.39 is 0 Å². The van der Waals surface area contributed by atoms with E-state index in [9.17, 15) is 4.48 Å². The molecule has 0 bridgehead atoms. The summed E-state index contributed by atoms with van der Waals surface area (Å²) < 4.78 is 17.0. The fraction of sp³-hybridized carbons (Fsp3) is 0.167. The summed E-state index contributed by atoms with van der Waals surface area (Å²) in [5.74, 6) is 0.206. The van der Waals surface area contributed by atoms with Gasteiger partial charge in [-0.1, -0.05) is 0 Å². The molecule has 0 spiro atoms. The van der Waals surface area contributed by atoms with Crippen molar-refractivity contribution >= 4 is 0 Å². The molecular formula is C6H7FNO+. The first kappa shape index (κ1) is 6.01. The molecule has 0 aliphatic rings. The molecule has 0 saturated heterocycles. The zero-order valence-electron chi connectivity index (χ0n) is 5.04. The lowest BCUT2D eigenvalue weighted by atomic mass is 10.5. The number of pyridine rings is 1. The maximum atomic E-state index is 12.4. The SMILES string of the molecule is COc1cccc[n+]1F. The molecule has 0 N–H and O–H groups in total. The van der Waals surface area contributed by atoms with Gasteiger partial charge in [-0.25, -0.2) is 0 Å². The van der Waals surface area contributed by atoms with Gasteiger partial charge in [0.2, 0.25) is 6.20 Å². The van der Waals surface area contributed by atoms with Crippen molar-refractivity contribution in [1.82, 2.24) is 0 Å². The Kier molecular flexibility index (Phi) is 1.63. The van der Waals surface area contributed by atoms with Crippen molar-refractivity contribution in [3.8, 4) is 5.88 Å². The van der Waals surface area contributed by atoms with Crippen LogP contribution < -0.4 is 9.53 Å². The Labute approximate surface area is 52.4 Å². The van der Waals surface area contributed by atoms with E-state index in [4.69, 9.17) is 0 Å². The van der Waals surface area contributed by atoms with Gasteiger partial charge in [-0.3, -0.25) is 0 Å². The van der Waals surface area contributed by atoms with Gasteiger partial charge in [0.25, 0.3) is 0 Å². The number of ether oxygens (including phenoxy) is 1. The lowest BCUT2D eigenvalue weighted by molar-refractivity contribution is -0.846. The van der Waals surface area contributed by atoms with Crippen molar-refractivity contribution in [3.63, 3.8) is 0 Å². The van der Waals surface area contributed by atoms with Crippen LogP contribution in [-0.4, -0.2) is 7.11 Å². The predicted octanol–water partition coefficient (Wildman–Crippen LogP) is 0.715. The highest BCUT2D eigenvalue weighted by molar-refractivity contribution is 5.01. The minimum absolute atomic E-state index is 0.206. The number of rotatable bonds is 1. The molecule has 0 aliphatic carbocycles. The average molecular weight is 128 g/mol. The Bertz CT molecular complexity index is 202. The molecule has 48 valence electrons. The number of methoxy groups -OCH3 is 1. The molecule has 0 atom stereocenters. The second kappa shape index (κ2) is 2.44. The van der Waals surface area contributed by atoms with Crippen LogP contribution in [0.5, 0.6) is 5.88 Å². The van der Waals surface area contributed by atoms with Crippen LogP contribution in [-0.2, 0) is 0 Å². The predicted molar refractivity (Wildman–Crippen MR) is 29.7 cm³/mol. The standard InChI is InChI=1S/C6H7FNO/c1-9-6-4-2-3-5-8(6)7/h2-5H,1H3/q+1. The third-order valence-electron chi connectivity index (χ3n) is 0.987. The summed E-state index contributed by atoms with van der Waals surface area (Å²) in [4.78, 5) is 0.417. The van der Waals surface area contributed by atoms with E-state index in [2.05, 4.69) is 4.74 Å². The number of halogens is 1. The zero-order valence-corrected chi connectivity index (χ0v) is 5.04. The van der Waals surface area contributed by atoms with Gasteiger partial charge < -0.3 is 4.74 Å². The largest absolute Gasteiger partial charge is 0.445 e. The van der Waals surface area contributed by atoms with Gasteiger partial charge in [-0.05, 0) is 6.07 Å². The maximum absolute atomic E-state index is 12.4. The van der Waals surface area contributed by atoms with E-state index in [-0.39, 0.29) is 5.88 Å². The van der Waals surface area contributed by atoms with Crippen LogP contribution in [0.1, 0.15) is 0 Å². The molecule has 0 aromatic carbocycles. The first-order valence-corrected chi connectivity index (χ1v) is 2.55. The highest BCUT2D eigenvalue weighted by atomic mass is 19.2. The molecule has 1 aromatic rings. The first-order chi connectivity index (χ1) is 4.34. The van der Waals surface area contributed by atoms with Gasteiger partial charge in [0.05, 0.1) is 22.4 Å². The Hall–Kier alpha value is -1.12. The molecule has 0 radical (unpaired) electrons. The lowest BCUT2D eigenvalue weighted by Crippen LogP contribution is -2.23. The minimum atomic E-state index is 0.206. The van der Waals surface area contributed by atoms with Gasteiger partial charge in [0.15, 0.2) is 0 Å². The summed E-state index contributed by atoms with van der Waals surface area (Å²) in [5, 5.41) is 0. The van der Waals surface area contributed by atoms with Crippen molar-refractivity contribution in [2.24, 2.45) is 0 Å². The molecule has 0 saturated carbocycles. The molecular weight excluding hydrogens is 121 g/mol. The number of aromatic nitrogens is 1. The lowest BCUT2D eigenvalue weighted by Gasteiger charge is -1.87. The van der Waals surface area contributed by atoms with Crippen molar-refractivity contribution in [3.05, 3.63) is 24.4 Å². The summed E-state index contributed by atoms with van der Waals surface area (Å²) in [7, 11) is 1.42. The van der Waals surface area contributed by atoms with Gasteiger partial charge in [0.1, 0.15) is 0 Å². The van der Waals surface area contributed by atoms with Crippen molar-refractivity contribution in [1.29, 1.82) is 0 Å². The molecule has 1 heterocycles. The van der Waals surface area contributed by atoms with E-state index in [1.807, 2.05) is 0 Å². The van der Waals surface area contributed by atoms with Crippen LogP contribution in [0.15, 0.2) is 24.4 Å². The van der Waals surface area contributed by atoms with Crippen molar-refractivity contribution in [2.45, 2.75) is 0 Å². The average Bonchev–Trinajstić information content (AvgIpc) is 1.89. The number of hydrogen-bond donors (Lipinski definition) is 0. The maximum Gasteiger partial charge on any atom is 0.413 e. The van der Waals surface area contributed by atoms with Crippen LogP contribution in [0.4, 0.5) is 4.48 Å². The number of nitrogens with zero attached hydrogens (tertiary/aromatic N) is 1. The van der Waals surface area contributed by atoms with Gasteiger partial charge in [-0.15, -0.1) is 0 Å². The summed E-state index contributed by atoms with van der Waals surface area (Å²) in [6, 6.07) is 4.83. The Balaban J connectivity index is 3.01. The number of hydrogen-bond acceptors (Lipinski definition) is 1. The third-order valence-corrected chi connectivity index (χ3v) is 0.987. The van der Waals surface area contributed by atoms with Crippen LogP contribution in [0, 0.1) is 0 Å². The van der Waals surface area contributed by atoms with Gasteiger partial charge >= 0.3 is 5.88 Å². The summed E-state index contributed by atoms with van der Waals surface area (Å²) in [5.41, 5.74) is 0. The molecule has 1 rings (SSSR count). The highest BCUT2D eigenvalue weighted by Gasteiger charge is 2.06. The normalized spacial score (nSPS) is 9.11. The first-order valence-electron chi connectivity index (χ1n) is 2.55. The van der Waals surface area contributed by atoms with Gasteiger partial charge in [0, 0.05) is 6.07 Å². The molecule has 0 unspecified atom stereocenters. The molecule has 9 heavy (non-hydrogen) atoms. The highest BCUT2D eigenvalue weighted by Crippen LogP contribution is 1.98. The second-order valence-electron chi connectivity index (χ2n) is 1.55. The summed E-state index contributed by atoms with van der Waals surface area (Å²) in [6.45, 7) is 0. The van der Waals surface area contributed by atoms with E-state index in [1.54, 1.807) is 18.2 Å². The van der Waals surface area contributed by atoms with E-state index in [0.717, 1.165) is 0 Å². The Morgan fingerprint density at radius 1 is 1.56 bits per heavy atom. The van der Waals surface area contributed by atoms with Crippen molar-refractivity contribution < 1.29 is 14.0 Å². The molecule has 0 aliphatic heterocycles. The zero-order chi connectivity index (χ0) is 6.69. The molecule has 0 amide bonds. The quantitative estimate of drug-likeness (QED) is 0.543. The Morgan fingerprint density at radius 2 is 2.33 bits per heavy atom. The van der Waals surface area contributed by atoms with Crippen LogP contribution in [0.3, 0.4) is 0 Å².